The van der Waals surface area contributed by atoms with Crippen molar-refractivity contribution in [2.75, 3.05) is 24.5 Å². The van der Waals surface area contributed by atoms with Crippen molar-refractivity contribution < 1.29 is 0 Å². The summed E-state index contributed by atoms with van der Waals surface area (Å²) in [4.78, 5) is 10.3. The average Bonchev–Trinajstić information content (AvgIpc) is 2.82. The highest BCUT2D eigenvalue weighted by atomic mass is 15.3. The van der Waals surface area contributed by atoms with Gasteiger partial charge in [-0.1, -0.05) is 12.1 Å². The molecule has 3 rings (SSSR count). The SMILES string of the molecule is NC[C@H]1CCCN(c2nc3ccccc3[nH]2)C1. The smallest absolute Gasteiger partial charge is 0.203 e. The number of benzene rings is 1. The summed E-state index contributed by atoms with van der Waals surface area (Å²) in [6.07, 6.45) is 2.45. The van der Waals surface area contributed by atoms with Gasteiger partial charge in [-0.3, -0.25) is 0 Å². The maximum absolute atomic E-state index is 5.76. The van der Waals surface area contributed by atoms with Gasteiger partial charge in [0.2, 0.25) is 5.95 Å². The molecular formula is C13H18N4. The van der Waals surface area contributed by atoms with Crippen LogP contribution in [0.2, 0.25) is 0 Å². The summed E-state index contributed by atoms with van der Waals surface area (Å²) in [6, 6.07) is 8.16. The first-order chi connectivity index (χ1) is 8.36. The van der Waals surface area contributed by atoms with Gasteiger partial charge in [0, 0.05) is 13.1 Å². The molecular weight excluding hydrogens is 212 g/mol. The van der Waals surface area contributed by atoms with Crippen molar-refractivity contribution in [3.63, 3.8) is 0 Å². The molecule has 1 aromatic heterocycles. The molecule has 1 saturated heterocycles. The van der Waals surface area contributed by atoms with Crippen molar-refractivity contribution >= 4 is 17.0 Å². The number of H-pyrrole nitrogens is 1. The van der Waals surface area contributed by atoms with Crippen LogP contribution in [0.5, 0.6) is 0 Å². The first-order valence-electron chi connectivity index (χ1n) is 6.26. The highest BCUT2D eigenvalue weighted by molar-refractivity contribution is 5.77. The van der Waals surface area contributed by atoms with Crippen LogP contribution in [0.4, 0.5) is 5.95 Å². The van der Waals surface area contributed by atoms with Crippen LogP contribution in [0.1, 0.15) is 12.8 Å². The molecule has 2 heterocycles. The van der Waals surface area contributed by atoms with Crippen LogP contribution in [0.15, 0.2) is 24.3 Å². The van der Waals surface area contributed by atoms with E-state index in [2.05, 4.69) is 20.9 Å². The molecule has 90 valence electrons. The van der Waals surface area contributed by atoms with Gasteiger partial charge in [-0.25, -0.2) is 4.98 Å². The zero-order valence-electron chi connectivity index (χ0n) is 9.89. The minimum atomic E-state index is 0.608. The lowest BCUT2D eigenvalue weighted by Crippen LogP contribution is -2.38. The molecule has 0 radical (unpaired) electrons. The fourth-order valence-corrected chi connectivity index (χ4v) is 2.54. The molecule has 0 unspecified atom stereocenters. The number of aromatic nitrogens is 2. The monoisotopic (exact) mass is 230 g/mol. The van der Waals surface area contributed by atoms with Crippen LogP contribution >= 0.6 is 0 Å². The number of nitrogens with one attached hydrogen (secondary N) is 1. The second-order valence-corrected chi connectivity index (χ2v) is 4.77. The number of imidazole rings is 1. The summed E-state index contributed by atoms with van der Waals surface area (Å²) in [7, 11) is 0. The molecule has 17 heavy (non-hydrogen) atoms. The van der Waals surface area contributed by atoms with E-state index in [-0.39, 0.29) is 0 Å². The van der Waals surface area contributed by atoms with Crippen molar-refractivity contribution in [2.24, 2.45) is 11.7 Å². The largest absolute Gasteiger partial charge is 0.342 e. The lowest BCUT2D eigenvalue weighted by atomic mass is 9.99. The molecule has 0 spiro atoms. The summed E-state index contributed by atoms with van der Waals surface area (Å²) in [6.45, 7) is 2.88. The Morgan fingerprint density at radius 2 is 2.29 bits per heavy atom. The van der Waals surface area contributed by atoms with Gasteiger partial charge in [-0.05, 0) is 37.4 Å². The Kier molecular flexibility index (Phi) is 2.73. The van der Waals surface area contributed by atoms with Gasteiger partial charge in [0.05, 0.1) is 11.0 Å². The summed E-state index contributed by atoms with van der Waals surface area (Å²) in [5.41, 5.74) is 7.91. The van der Waals surface area contributed by atoms with Gasteiger partial charge in [0.25, 0.3) is 0 Å². The average molecular weight is 230 g/mol. The summed E-state index contributed by atoms with van der Waals surface area (Å²) in [5, 5.41) is 0. The predicted molar refractivity (Wildman–Crippen MR) is 70.1 cm³/mol. The number of nitrogens with zero attached hydrogens (tertiary/aromatic N) is 2. The van der Waals surface area contributed by atoms with E-state index in [9.17, 15) is 0 Å². The van der Waals surface area contributed by atoms with E-state index in [0.717, 1.165) is 36.6 Å². The van der Waals surface area contributed by atoms with E-state index >= 15 is 0 Å². The summed E-state index contributed by atoms with van der Waals surface area (Å²) < 4.78 is 0. The van der Waals surface area contributed by atoms with Crippen LogP contribution in [0.3, 0.4) is 0 Å². The molecule has 3 N–H and O–H groups in total. The quantitative estimate of drug-likeness (QED) is 0.826. The maximum atomic E-state index is 5.76. The van der Waals surface area contributed by atoms with Gasteiger partial charge in [0.15, 0.2) is 0 Å². The van der Waals surface area contributed by atoms with Gasteiger partial charge >= 0.3 is 0 Å². The lowest BCUT2D eigenvalue weighted by Gasteiger charge is -2.31. The van der Waals surface area contributed by atoms with E-state index in [1.165, 1.54) is 12.8 Å². The molecule has 0 aliphatic carbocycles. The fraction of sp³-hybridized carbons (Fsp3) is 0.462. The molecule has 4 nitrogen and oxygen atoms in total. The fourth-order valence-electron chi connectivity index (χ4n) is 2.54. The van der Waals surface area contributed by atoms with Crippen LogP contribution in [-0.4, -0.2) is 29.6 Å². The summed E-state index contributed by atoms with van der Waals surface area (Å²) >= 11 is 0. The lowest BCUT2D eigenvalue weighted by molar-refractivity contribution is 0.420. The van der Waals surface area contributed by atoms with Gasteiger partial charge in [-0.15, -0.1) is 0 Å². The number of hydrogen-bond donors (Lipinski definition) is 2. The third-order valence-corrected chi connectivity index (χ3v) is 3.53. The first kappa shape index (κ1) is 10.6. The number of fused-ring (bicyclic) bond motifs is 1. The molecule has 1 aromatic carbocycles. The molecule has 0 saturated carbocycles. The van der Waals surface area contributed by atoms with Gasteiger partial charge in [-0.2, -0.15) is 0 Å². The number of anilines is 1. The normalized spacial score (nSPS) is 21.0. The van der Waals surface area contributed by atoms with Crippen LogP contribution in [0, 0.1) is 5.92 Å². The van der Waals surface area contributed by atoms with Crippen molar-refractivity contribution in [1.82, 2.24) is 9.97 Å². The highest BCUT2D eigenvalue weighted by Gasteiger charge is 2.20. The number of nitrogens with two attached hydrogens (primary N) is 1. The molecule has 4 heteroatoms. The summed E-state index contributed by atoms with van der Waals surface area (Å²) in [5.74, 6) is 1.60. The Hall–Kier alpha value is -1.55. The number of hydrogen-bond acceptors (Lipinski definition) is 3. The third kappa shape index (κ3) is 2.00. The van der Waals surface area contributed by atoms with Crippen LogP contribution in [-0.2, 0) is 0 Å². The zero-order valence-corrected chi connectivity index (χ0v) is 9.89. The number of rotatable bonds is 2. The van der Waals surface area contributed by atoms with Crippen molar-refractivity contribution in [2.45, 2.75) is 12.8 Å². The molecule has 2 aromatic rings. The maximum Gasteiger partial charge on any atom is 0.203 e. The first-order valence-corrected chi connectivity index (χ1v) is 6.26. The van der Waals surface area contributed by atoms with E-state index in [0.29, 0.717) is 5.92 Å². The van der Waals surface area contributed by atoms with Gasteiger partial charge in [0.1, 0.15) is 0 Å². The van der Waals surface area contributed by atoms with Crippen LogP contribution in [0.25, 0.3) is 11.0 Å². The second kappa shape index (κ2) is 4.37. The Bertz CT molecular complexity index is 472. The van der Waals surface area contributed by atoms with E-state index in [1.807, 2.05) is 18.2 Å². The number of para-hydroxylation sites is 2. The Morgan fingerprint density at radius 1 is 1.41 bits per heavy atom. The highest BCUT2D eigenvalue weighted by Crippen LogP contribution is 2.22. The van der Waals surface area contributed by atoms with Crippen molar-refractivity contribution in [3.05, 3.63) is 24.3 Å². The molecule has 1 fully saturated rings. The van der Waals surface area contributed by atoms with E-state index in [1.54, 1.807) is 0 Å². The Balaban J connectivity index is 1.87. The molecule has 0 amide bonds. The second-order valence-electron chi connectivity index (χ2n) is 4.77. The Labute approximate surface area is 101 Å². The standard InChI is InChI=1S/C13H18N4/c14-8-10-4-3-7-17(9-10)13-15-11-5-1-2-6-12(11)16-13/h1-2,5-6,10H,3-4,7-9,14H2,(H,15,16)/t10-/m1/s1. The minimum Gasteiger partial charge on any atom is -0.342 e. The van der Waals surface area contributed by atoms with Gasteiger partial charge < -0.3 is 15.6 Å². The predicted octanol–water partition coefficient (Wildman–Crippen LogP) is 1.74. The van der Waals surface area contributed by atoms with Crippen molar-refractivity contribution in [1.29, 1.82) is 0 Å². The number of aromatic amines is 1. The molecule has 1 aliphatic rings. The zero-order chi connectivity index (χ0) is 11.7. The Morgan fingerprint density at radius 3 is 3.12 bits per heavy atom. The van der Waals surface area contributed by atoms with Crippen LogP contribution < -0.4 is 10.6 Å². The topological polar surface area (TPSA) is 57.9 Å². The number of piperidine rings is 1. The molecule has 0 bridgehead atoms. The molecule has 1 aliphatic heterocycles. The van der Waals surface area contributed by atoms with E-state index in [4.69, 9.17) is 5.73 Å². The van der Waals surface area contributed by atoms with E-state index < -0.39 is 0 Å². The third-order valence-electron chi connectivity index (χ3n) is 3.53. The minimum absolute atomic E-state index is 0.608. The van der Waals surface area contributed by atoms with Crippen molar-refractivity contribution in [3.8, 4) is 0 Å². The molecule has 1 atom stereocenters.